The van der Waals surface area contributed by atoms with Crippen LogP contribution in [0.4, 0.5) is 24.0 Å². The van der Waals surface area contributed by atoms with Crippen LogP contribution in [0.25, 0.3) is 0 Å². The van der Waals surface area contributed by atoms with E-state index >= 15 is 0 Å². The number of thiazole rings is 1. The second kappa shape index (κ2) is 7.83. The monoisotopic (exact) mass is 441 g/mol. The predicted molar refractivity (Wildman–Crippen MR) is 111 cm³/mol. The lowest BCUT2D eigenvalue weighted by Gasteiger charge is -2.25. The van der Waals surface area contributed by atoms with E-state index in [1.807, 2.05) is 10.3 Å². The zero-order valence-corrected chi connectivity index (χ0v) is 17.8. The third-order valence-electron chi connectivity index (χ3n) is 5.11. The predicted octanol–water partition coefficient (Wildman–Crippen LogP) is 5.57. The van der Waals surface area contributed by atoms with Gasteiger partial charge in [0.25, 0.3) is 0 Å². The van der Waals surface area contributed by atoms with Crippen molar-refractivity contribution in [2.45, 2.75) is 62.0 Å². The first-order chi connectivity index (χ1) is 13.7. The number of thioether (sulfide) groups is 1. The smallest absolute Gasteiger partial charge is 0.365 e. The molecule has 0 N–H and O–H groups in total. The second-order valence-corrected chi connectivity index (χ2v) is 9.88. The molecule has 2 aliphatic rings. The van der Waals surface area contributed by atoms with Gasteiger partial charge in [-0.25, -0.2) is 4.98 Å². The van der Waals surface area contributed by atoms with Crippen LogP contribution in [0.2, 0.25) is 0 Å². The van der Waals surface area contributed by atoms with Crippen LogP contribution in [0.5, 0.6) is 0 Å². The highest BCUT2D eigenvalue weighted by Crippen LogP contribution is 2.42. The average Bonchev–Trinajstić information content (AvgIpc) is 3.38. The number of benzene rings is 1. The maximum absolute atomic E-state index is 13.3. The molecule has 4 nitrogen and oxygen atoms in total. The van der Waals surface area contributed by atoms with Crippen molar-refractivity contribution >= 4 is 39.8 Å². The van der Waals surface area contributed by atoms with Crippen LogP contribution in [-0.4, -0.2) is 28.7 Å². The highest BCUT2D eigenvalue weighted by Gasteiger charge is 2.34. The molecule has 0 radical (unpaired) electrons. The number of anilines is 2. The molecule has 1 amide bonds. The highest BCUT2D eigenvalue weighted by atomic mass is 32.2. The van der Waals surface area contributed by atoms with E-state index < -0.39 is 11.7 Å². The molecule has 2 aromatic rings. The van der Waals surface area contributed by atoms with Gasteiger partial charge in [-0.15, -0.1) is 23.1 Å². The van der Waals surface area contributed by atoms with E-state index in [9.17, 15) is 18.0 Å². The number of hydrogen-bond donors (Lipinski definition) is 0. The van der Waals surface area contributed by atoms with Crippen LogP contribution < -0.4 is 9.80 Å². The standard InChI is InChI=1S/C20H22F3N3OS2/c1-12-7-8-25(17-9-14(20(21,22)23)3-6-18(17)29-12)10-15-11-28-19(24-15)26(13(2)27)16-4-5-16/h3,6,9,11-12,16H,4-5,7-8,10H2,1-2H3/t12-/m0/s1. The largest absolute Gasteiger partial charge is 0.416 e. The Bertz CT molecular complexity index is 911. The number of carbonyl (C=O) groups excluding carboxylic acids is 1. The first-order valence-corrected chi connectivity index (χ1v) is 11.4. The quantitative estimate of drug-likeness (QED) is 0.622. The zero-order valence-electron chi connectivity index (χ0n) is 16.2. The molecule has 0 saturated heterocycles. The van der Waals surface area contributed by atoms with Crippen molar-refractivity contribution in [3.8, 4) is 0 Å². The van der Waals surface area contributed by atoms with Gasteiger partial charge in [-0.1, -0.05) is 6.92 Å². The molecular weight excluding hydrogens is 419 g/mol. The average molecular weight is 442 g/mol. The van der Waals surface area contributed by atoms with E-state index in [2.05, 4.69) is 11.9 Å². The Labute approximate surface area is 176 Å². The first kappa shape index (κ1) is 20.5. The summed E-state index contributed by atoms with van der Waals surface area (Å²) in [6.07, 6.45) is -1.52. The molecule has 2 heterocycles. The molecule has 1 aliphatic heterocycles. The number of carbonyl (C=O) groups is 1. The van der Waals surface area contributed by atoms with Crippen molar-refractivity contribution in [2.75, 3.05) is 16.3 Å². The van der Waals surface area contributed by atoms with Crippen LogP contribution >= 0.6 is 23.1 Å². The van der Waals surface area contributed by atoms with E-state index in [1.165, 1.54) is 17.4 Å². The maximum atomic E-state index is 13.3. The minimum atomic E-state index is -4.37. The Kier molecular flexibility index (Phi) is 5.54. The molecule has 29 heavy (non-hydrogen) atoms. The third-order valence-corrected chi connectivity index (χ3v) is 7.24. The number of alkyl halides is 3. The van der Waals surface area contributed by atoms with E-state index in [4.69, 9.17) is 0 Å². The molecule has 9 heteroatoms. The number of rotatable bonds is 4. The molecule has 1 saturated carbocycles. The lowest BCUT2D eigenvalue weighted by molar-refractivity contribution is -0.137. The van der Waals surface area contributed by atoms with E-state index in [0.29, 0.717) is 29.2 Å². The van der Waals surface area contributed by atoms with Crippen molar-refractivity contribution in [2.24, 2.45) is 0 Å². The van der Waals surface area contributed by atoms with Crippen LogP contribution in [0.3, 0.4) is 0 Å². The van der Waals surface area contributed by atoms with E-state index in [1.54, 1.807) is 29.7 Å². The molecule has 1 aliphatic carbocycles. The molecule has 1 fully saturated rings. The number of fused-ring (bicyclic) bond motifs is 1. The summed E-state index contributed by atoms with van der Waals surface area (Å²) in [7, 11) is 0. The van der Waals surface area contributed by atoms with Gasteiger partial charge in [0.15, 0.2) is 5.13 Å². The van der Waals surface area contributed by atoms with Crippen molar-refractivity contribution in [3.63, 3.8) is 0 Å². The summed E-state index contributed by atoms with van der Waals surface area (Å²) >= 11 is 3.03. The molecule has 1 atom stereocenters. The summed E-state index contributed by atoms with van der Waals surface area (Å²) in [5.74, 6) is -0.0199. The normalized spacial score (nSPS) is 19.6. The van der Waals surface area contributed by atoms with Crippen molar-refractivity contribution < 1.29 is 18.0 Å². The Hall–Kier alpha value is -1.74. The Morgan fingerprint density at radius 2 is 2.07 bits per heavy atom. The summed E-state index contributed by atoms with van der Waals surface area (Å²) in [4.78, 5) is 21.2. The van der Waals surface area contributed by atoms with Gasteiger partial charge >= 0.3 is 6.18 Å². The molecule has 0 unspecified atom stereocenters. The molecule has 156 valence electrons. The fourth-order valence-corrected chi connectivity index (χ4v) is 5.54. The fraction of sp³-hybridized carbons (Fsp3) is 0.500. The summed E-state index contributed by atoms with van der Waals surface area (Å²) < 4.78 is 39.8. The highest BCUT2D eigenvalue weighted by molar-refractivity contribution is 8.00. The number of nitrogens with zero attached hydrogens (tertiary/aromatic N) is 3. The molecular formula is C20H22F3N3OS2. The molecule has 1 aromatic carbocycles. The van der Waals surface area contributed by atoms with Gasteiger partial charge in [0.2, 0.25) is 5.91 Å². The SMILES string of the molecule is CC(=O)N(c1nc(CN2CC[C@H](C)Sc3ccc(C(F)(F)F)cc32)cs1)C1CC1. The molecule has 0 bridgehead atoms. The molecule has 4 rings (SSSR count). The van der Waals surface area contributed by atoms with Gasteiger partial charge in [0, 0.05) is 35.0 Å². The van der Waals surface area contributed by atoms with Gasteiger partial charge in [-0.3, -0.25) is 9.69 Å². The van der Waals surface area contributed by atoms with Crippen LogP contribution in [0.1, 0.15) is 44.4 Å². The molecule has 1 aromatic heterocycles. The topological polar surface area (TPSA) is 36.4 Å². The first-order valence-electron chi connectivity index (χ1n) is 9.59. The Morgan fingerprint density at radius 1 is 1.31 bits per heavy atom. The summed E-state index contributed by atoms with van der Waals surface area (Å²) in [6.45, 7) is 4.72. The van der Waals surface area contributed by atoms with Gasteiger partial charge in [0.05, 0.1) is 23.5 Å². The van der Waals surface area contributed by atoms with Gasteiger partial charge in [-0.2, -0.15) is 13.2 Å². The van der Waals surface area contributed by atoms with Crippen LogP contribution in [-0.2, 0) is 17.5 Å². The minimum absolute atomic E-state index is 0.0199. The maximum Gasteiger partial charge on any atom is 0.416 e. The number of aromatic nitrogens is 1. The van der Waals surface area contributed by atoms with Crippen molar-refractivity contribution in [1.29, 1.82) is 0 Å². The van der Waals surface area contributed by atoms with Crippen LogP contribution in [0.15, 0.2) is 28.5 Å². The third kappa shape index (κ3) is 4.55. The van der Waals surface area contributed by atoms with Crippen LogP contribution in [0, 0.1) is 0 Å². The number of halogens is 3. The van der Waals surface area contributed by atoms with Gasteiger partial charge < -0.3 is 4.90 Å². The number of amides is 1. The Morgan fingerprint density at radius 3 is 2.72 bits per heavy atom. The Balaban J connectivity index is 1.61. The fourth-order valence-electron chi connectivity index (χ4n) is 3.49. The van der Waals surface area contributed by atoms with Gasteiger partial charge in [0.1, 0.15) is 0 Å². The van der Waals surface area contributed by atoms with Crippen molar-refractivity contribution in [1.82, 2.24) is 4.98 Å². The lowest BCUT2D eigenvalue weighted by atomic mass is 10.1. The van der Waals surface area contributed by atoms with E-state index in [-0.39, 0.29) is 11.9 Å². The zero-order chi connectivity index (χ0) is 20.8. The minimum Gasteiger partial charge on any atom is -0.365 e. The molecule has 0 spiro atoms. The lowest BCUT2D eigenvalue weighted by Crippen LogP contribution is -2.30. The summed E-state index contributed by atoms with van der Waals surface area (Å²) in [5, 5.41) is 2.91. The van der Waals surface area contributed by atoms with E-state index in [0.717, 1.165) is 35.9 Å². The van der Waals surface area contributed by atoms with Crippen molar-refractivity contribution in [3.05, 3.63) is 34.8 Å². The van der Waals surface area contributed by atoms with Gasteiger partial charge in [-0.05, 0) is 37.5 Å². The summed E-state index contributed by atoms with van der Waals surface area (Å²) in [6, 6.07) is 4.22. The number of hydrogen-bond acceptors (Lipinski definition) is 5. The summed E-state index contributed by atoms with van der Waals surface area (Å²) in [5.41, 5.74) is 0.751. The second-order valence-electron chi connectivity index (χ2n) is 7.56.